The van der Waals surface area contributed by atoms with Crippen molar-refractivity contribution in [2.75, 3.05) is 26.2 Å². The van der Waals surface area contributed by atoms with Crippen molar-refractivity contribution in [2.45, 2.75) is 39.5 Å². The summed E-state index contributed by atoms with van der Waals surface area (Å²) in [6.07, 6.45) is 3.95. The molecule has 0 bridgehead atoms. The van der Waals surface area contributed by atoms with E-state index in [2.05, 4.69) is 13.8 Å². The van der Waals surface area contributed by atoms with Gasteiger partial charge in [0, 0.05) is 18.7 Å². The maximum atomic E-state index is 12.5. The van der Waals surface area contributed by atoms with E-state index < -0.39 is 0 Å². The molecule has 2 N–H and O–H groups in total. The van der Waals surface area contributed by atoms with Crippen LogP contribution in [-0.2, 0) is 0 Å². The summed E-state index contributed by atoms with van der Waals surface area (Å²) in [5.41, 5.74) is 6.25. The molecule has 0 unspecified atom stereocenters. The third-order valence-electron chi connectivity index (χ3n) is 3.28. The second-order valence-corrected chi connectivity index (χ2v) is 5.16. The summed E-state index contributed by atoms with van der Waals surface area (Å²) in [5.74, 6) is 0.898. The Hall–Kier alpha value is -1.55. The van der Waals surface area contributed by atoms with E-state index in [1.54, 1.807) is 0 Å². The summed E-state index contributed by atoms with van der Waals surface area (Å²) >= 11 is 0. The molecule has 0 aromatic heterocycles. The number of ether oxygens (including phenoxy) is 1. The molecule has 4 heteroatoms. The van der Waals surface area contributed by atoms with Crippen molar-refractivity contribution in [3.8, 4) is 5.75 Å². The molecule has 0 aliphatic carbocycles. The number of amides is 1. The number of rotatable bonds is 10. The Labute approximate surface area is 128 Å². The molecular weight excluding hydrogens is 264 g/mol. The van der Waals surface area contributed by atoms with Gasteiger partial charge in [0.1, 0.15) is 5.75 Å². The number of carbonyl (C=O) groups excluding carboxylic acids is 1. The molecule has 0 fully saturated rings. The largest absolute Gasteiger partial charge is 0.494 e. The minimum Gasteiger partial charge on any atom is -0.494 e. The first-order chi connectivity index (χ1) is 10.2. The number of hydrogen-bond acceptors (Lipinski definition) is 3. The fraction of sp³-hybridized carbons (Fsp3) is 0.588. The Morgan fingerprint density at radius 3 is 2.38 bits per heavy atom. The highest BCUT2D eigenvalue weighted by molar-refractivity contribution is 5.94. The normalized spacial score (nSPS) is 10.4. The van der Waals surface area contributed by atoms with Crippen LogP contribution in [0.2, 0.25) is 0 Å². The number of nitrogens with zero attached hydrogens (tertiary/aromatic N) is 1. The topological polar surface area (TPSA) is 55.6 Å². The van der Waals surface area contributed by atoms with Gasteiger partial charge in [0.15, 0.2) is 0 Å². The number of nitrogens with two attached hydrogens (primary N) is 1. The average Bonchev–Trinajstić information content (AvgIpc) is 2.52. The standard InChI is InChI=1S/C17H28N2O2/c1-3-5-14-21-16-9-7-15(8-10-16)17(20)19(12-4-2)13-6-11-18/h7-10H,3-6,11-14,18H2,1-2H3. The smallest absolute Gasteiger partial charge is 0.253 e. The highest BCUT2D eigenvalue weighted by Crippen LogP contribution is 2.14. The zero-order chi connectivity index (χ0) is 15.5. The molecule has 1 aromatic carbocycles. The minimum absolute atomic E-state index is 0.0745. The van der Waals surface area contributed by atoms with E-state index in [4.69, 9.17) is 10.5 Å². The Morgan fingerprint density at radius 2 is 1.81 bits per heavy atom. The molecule has 0 aliphatic heterocycles. The van der Waals surface area contributed by atoms with Gasteiger partial charge in [-0.3, -0.25) is 4.79 Å². The predicted octanol–water partition coefficient (Wildman–Crippen LogP) is 3.07. The monoisotopic (exact) mass is 292 g/mol. The lowest BCUT2D eigenvalue weighted by Gasteiger charge is -2.22. The van der Waals surface area contributed by atoms with Gasteiger partial charge in [0.05, 0.1) is 6.61 Å². The van der Waals surface area contributed by atoms with Crippen LogP contribution in [0.4, 0.5) is 0 Å². The van der Waals surface area contributed by atoms with Gasteiger partial charge in [-0.1, -0.05) is 20.3 Å². The fourth-order valence-electron chi connectivity index (χ4n) is 2.08. The summed E-state index contributed by atoms with van der Waals surface area (Å²) in [7, 11) is 0. The SMILES string of the molecule is CCCCOc1ccc(C(=O)N(CCC)CCCN)cc1. The van der Waals surface area contributed by atoms with Crippen molar-refractivity contribution in [3.63, 3.8) is 0 Å². The highest BCUT2D eigenvalue weighted by atomic mass is 16.5. The molecule has 4 nitrogen and oxygen atoms in total. The molecule has 0 saturated carbocycles. The molecular formula is C17H28N2O2. The van der Waals surface area contributed by atoms with Gasteiger partial charge < -0.3 is 15.4 Å². The molecule has 21 heavy (non-hydrogen) atoms. The Balaban J connectivity index is 2.62. The molecule has 118 valence electrons. The number of benzene rings is 1. The van der Waals surface area contributed by atoms with Gasteiger partial charge in [-0.15, -0.1) is 0 Å². The predicted molar refractivity (Wildman–Crippen MR) is 86.7 cm³/mol. The van der Waals surface area contributed by atoms with Crippen molar-refractivity contribution in [1.29, 1.82) is 0 Å². The van der Waals surface area contributed by atoms with Gasteiger partial charge >= 0.3 is 0 Å². The van der Waals surface area contributed by atoms with Crippen LogP contribution in [0.15, 0.2) is 24.3 Å². The van der Waals surface area contributed by atoms with Crippen LogP contribution in [0.5, 0.6) is 5.75 Å². The van der Waals surface area contributed by atoms with Gasteiger partial charge in [-0.05, 0) is 50.1 Å². The van der Waals surface area contributed by atoms with E-state index >= 15 is 0 Å². The first-order valence-electron chi connectivity index (χ1n) is 7.95. The van der Waals surface area contributed by atoms with Crippen LogP contribution in [0.3, 0.4) is 0 Å². The summed E-state index contributed by atoms with van der Waals surface area (Å²) in [4.78, 5) is 14.3. The van der Waals surface area contributed by atoms with Crippen molar-refractivity contribution < 1.29 is 9.53 Å². The first kappa shape index (κ1) is 17.5. The quantitative estimate of drug-likeness (QED) is 0.674. The van der Waals surface area contributed by atoms with E-state index in [1.165, 1.54) is 0 Å². The van der Waals surface area contributed by atoms with Crippen LogP contribution in [-0.4, -0.2) is 37.0 Å². The highest BCUT2D eigenvalue weighted by Gasteiger charge is 2.14. The van der Waals surface area contributed by atoms with Gasteiger partial charge in [-0.2, -0.15) is 0 Å². The molecule has 0 spiro atoms. The zero-order valence-electron chi connectivity index (χ0n) is 13.3. The second kappa shape index (κ2) is 10.2. The molecule has 1 rings (SSSR count). The molecule has 0 aliphatic rings. The van der Waals surface area contributed by atoms with Crippen LogP contribution in [0.25, 0.3) is 0 Å². The van der Waals surface area contributed by atoms with Crippen molar-refractivity contribution in [2.24, 2.45) is 5.73 Å². The Kier molecular flexibility index (Phi) is 8.51. The Morgan fingerprint density at radius 1 is 1.10 bits per heavy atom. The molecule has 1 aromatic rings. The van der Waals surface area contributed by atoms with E-state index in [0.717, 1.165) is 51.1 Å². The molecule has 0 radical (unpaired) electrons. The zero-order valence-corrected chi connectivity index (χ0v) is 13.3. The summed E-state index contributed by atoms with van der Waals surface area (Å²) in [5, 5.41) is 0. The summed E-state index contributed by atoms with van der Waals surface area (Å²) in [6, 6.07) is 7.43. The summed E-state index contributed by atoms with van der Waals surface area (Å²) < 4.78 is 5.61. The van der Waals surface area contributed by atoms with Crippen molar-refractivity contribution >= 4 is 5.91 Å². The maximum Gasteiger partial charge on any atom is 0.253 e. The second-order valence-electron chi connectivity index (χ2n) is 5.16. The molecule has 0 saturated heterocycles. The molecule has 0 heterocycles. The van der Waals surface area contributed by atoms with Crippen molar-refractivity contribution in [1.82, 2.24) is 4.90 Å². The number of unbranched alkanes of at least 4 members (excludes halogenated alkanes) is 1. The molecule has 1 amide bonds. The minimum atomic E-state index is 0.0745. The van der Waals surface area contributed by atoms with E-state index in [1.807, 2.05) is 29.2 Å². The van der Waals surface area contributed by atoms with Crippen molar-refractivity contribution in [3.05, 3.63) is 29.8 Å². The van der Waals surface area contributed by atoms with Gasteiger partial charge in [0.2, 0.25) is 0 Å². The van der Waals surface area contributed by atoms with Crippen LogP contribution in [0, 0.1) is 0 Å². The van der Waals surface area contributed by atoms with E-state index in [-0.39, 0.29) is 5.91 Å². The van der Waals surface area contributed by atoms with Crippen LogP contribution >= 0.6 is 0 Å². The third-order valence-corrected chi connectivity index (χ3v) is 3.28. The molecule has 0 atom stereocenters. The van der Waals surface area contributed by atoms with Gasteiger partial charge in [0.25, 0.3) is 5.91 Å². The number of carbonyl (C=O) groups is 1. The Bertz CT molecular complexity index is 404. The first-order valence-corrected chi connectivity index (χ1v) is 7.95. The fourth-order valence-corrected chi connectivity index (χ4v) is 2.08. The van der Waals surface area contributed by atoms with E-state index in [9.17, 15) is 4.79 Å². The van der Waals surface area contributed by atoms with E-state index in [0.29, 0.717) is 12.1 Å². The third kappa shape index (κ3) is 6.17. The van der Waals surface area contributed by atoms with Gasteiger partial charge in [-0.25, -0.2) is 0 Å². The number of hydrogen-bond donors (Lipinski definition) is 1. The lowest BCUT2D eigenvalue weighted by molar-refractivity contribution is 0.0754. The lowest BCUT2D eigenvalue weighted by Crippen LogP contribution is -2.33. The van der Waals surface area contributed by atoms with Crippen LogP contribution < -0.4 is 10.5 Å². The summed E-state index contributed by atoms with van der Waals surface area (Å²) in [6.45, 7) is 7.04. The van der Waals surface area contributed by atoms with Crippen LogP contribution in [0.1, 0.15) is 49.9 Å². The lowest BCUT2D eigenvalue weighted by atomic mass is 10.1. The maximum absolute atomic E-state index is 12.5. The average molecular weight is 292 g/mol.